The molecule has 2 heterocycles. The molecule has 3 rings (SSSR count). The van der Waals surface area contributed by atoms with Crippen molar-refractivity contribution in [2.75, 3.05) is 26.9 Å². The van der Waals surface area contributed by atoms with Crippen LogP contribution in [-0.2, 0) is 9.53 Å². The number of aliphatic carboxylic acids is 1. The smallest absolute Gasteiger partial charge is 0.310 e. The number of fused-ring (bicyclic) bond motifs is 1. The van der Waals surface area contributed by atoms with Crippen molar-refractivity contribution in [1.82, 2.24) is 4.90 Å². The third-order valence-electron chi connectivity index (χ3n) is 4.61. The molecule has 5 nitrogen and oxygen atoms in total. The number of likely N-dealkylation sites (N-methyl/N-ethyl adjacent to an activating group) is 1. The summed E-state index contributed by atoms with van der Waals surface area (Å²) in [4.78, 5) is 13.6. The molecule has 1 N–H and O–H groups in total. The van der Waals surface area contributed by atoms with Gasteiger partial charge in [-0.25, -0.2) is 0 Å². The fourth-order valence-electron chi connectivity index (χ4n) is 3.48. The Labute approximate surface area is 124 Å². The Kier molecular flexibility index (Phi) is 3.87. The average molecular weight is 291 g/mol. The lowest BCUT2D eigenvalue weighted by Gasteiger charge is -2.41. The third-order valence-corrected chi connectivity index (χ3v) is 4.61. The van der Waals surface area contributed by atoms with E-state index in [1.165, 1.54) is 0 Å². The van der Waals surface area contributed by atoms with Crippen molar-refractivity contribution in [3.05, 3.63) is 29.8 Å². The van der Waals surface area contributed by atoms with Gasteiger partial charge in [-0.3, -0.25) is 9.69 Å². The Morgan fingerprint density at radius 3 is 2.81 bits per heavy atom. The van der Waals surface area contributed by atoms with Crippen molar-refractivity contribution in [3.8, 4) is 5.75 Å². The lowest BCUT2D eigenvalue weighted by atomic mass is 9.88. The van der Waals surface area contributed by atoms with E-state index in [0.29, 0.717) is 25.7 Å². The van der Waals surface area contributed by atoms with Crippen LogP contribution >= 0.6 is 0 Å². The first kappa shape index (κ1) is 14.4. The molecular weight excluding hydrogens is 270 g/mol. The van der Waals surface area contributed by atoms with Crippen molar-refractivity contribution in [1.29, 1.82) is 0 Å². The van der Waals surface area contributed by atoms with Crippen molar-refractivity contribution in [2.24, 2.45) is 11.8 Å². The summed E-state index contributed by atoms with van der Waals surface area (Å²) in [6.07, 6.45) is 0. The van der Waals surface area contributed by atoms with Gasteiger partial charge in [0, 0.05) is 23.6 Å². The minimum absolute atomic E-state index is 0.0962. The standard InChI is InChI=1S/C16H21NO4/c1-10-7-21-14-6-4-3-5-11(14)15(10)17(2)13-9-20-8-12(13)16(18)19/h3-6,10,12-13,15H,7-9H2,1-2H3,(H,18,19). The molecule has 0 aliphatic carbocycles. The summed E-state index contributed by atoms with van der Waals surface area (Å²) in [7, 11) is 2.00. The van der Waals surface area contributed by atoms with E-state index in [0.717, 1.165) is 11.3 Å². The number of para-hydroxylation sites is 1. The Morgan fingerprint density at radius 2 is 2.05 bits per heavy atom. The van der Waals surface area contributed by atoms with E-state index >= 15 is 0 Å². The molecule has 0 radical (unpaired) electrons. The summed E-state index contributed by atoms with van der Waals surface area (Å²) in [5, 5.41) is 9.36. The van der Waals surface area contributed by atoms with Gasteiger partial charge < -0.3 is 14.6 Å². The molecule has 1 fully saturated rings. The van der Waals surface area contributed by atoms with Gasteiger partial charge in [0.15, 0.2) is 0 Å². The highest BCUT2D eigenvalue weighted by Gasteiger charge is 2.42. The summed E-state index contributed by atoms with van der Waals surface area (Å²) >= 11 is 0. The lowest BCUT2D eigenvalue weighted by molar-refractivity contribution is -0.143. The van der Waals surface area contributed by atoms with E-state index < -0.39 is 11.9 Å². The first-order chi connectivity index (χ1) is 10.1. The van der Waals surface area contributed by atoms with Crippen LogP contribution in [0.2, 0.25) is 0 Å². The van der Waals surface area contributed by atoms with E-state index in [4.69, 9.17) is 9.47 Å². The third kappa shape index (κ3) is 2.51. The Balaban J connectivity index is 1.90. The van der Waals surface area contributed by atoms with Gasteiger partial charge in [0.25, 0.3) is 0 Å². The van der Waals surface area contributed by atoms with E-state index in [1.54, 1.807) is 0 Å². The van der Waals surface area contributed by atoms with Crippen LogP contribution in [0.4, 0.5) is 0 Å². The molecule has 0 aromatic heterocycles. The van der Waals surface area contributed by atoms with Gasteiger partial charge >= 0.3 is 5.97 Å². The lowest BCUT2D eigenvalue weighted by Crippen LogP contribution is -2.46. The van der Waals surface area contributed by atoms with Gasteiger partial charge in [-0.15, -0.1) is 0 Å². The molecule has 0 bridgehead atoms. The van der Waals surface area contributed by atoms with Gasteiger partial charge in [-0.2, -0.15) is 0 Å². The second-order valence-electron chi connectivity index (χ2n) is 5.99. The van der Waals surface area contributed by atoms with Crippen LogP contribution in [-0.4, -0.2) is 48.9 Å². The predicted octanol–water partition coefficient (Wildman–Crippen LogP) is 1.79. The molecule has 1 aromatic carbocycles. The Morgan fingerprint density at radius 1 is 1.29 bits per heavy atom. The fourth-order valence-corrected chi connectivity index (χ4v) is 3.48. The quantitative estimate of drug-likeness (QED) is 0.920. The average Bonchev–Trinajstić information content (AvgIpc) is 2.96. The second-order valence-corrected chi connectivity index (χ2v) is 5.99. The van der Waals surface area contributed by atoms with Gasteiger partial charge in [-0.05, 0) is 13.1 Å². The monoisotopic (exact) mass is 291 g/mol. The second kappa shape index (κ2) is 5.66. The molecule has 0 amide bonds. The van der Waals surface area contributed by atoms with E-state index in [9.17, 15) is 9.90 Å². The highest BCUT2D eigenvalue weighted by atomic mass is 16.5. The molecule has 4 unspecified atom stereocenters. The van der Waals surface area contributed by atoms with Crippen molar-refractivity contribution < 1.29 is 19.4 Å². The van der Waals surface area contributed by atoms with E-state index in [1.807, 2.05) is 25.2 Å². The zero-order valence-corrected chi connectivity index (χ0v) is 12.4. The summed E-state index contributed by atoms with van der Waals surface area (Å²) < 4.78 is 11.2. The fraction of sp³-hybridized carbons (Fsp3) is 0.562. The van der Waals surface area contributed by atoms with Gasteiger partial charge in [0.1, 0.15) is 5.75 Å². The number of carboxylic acid groups (broad SMARTS) is 1. The number of nitrogens with zero attached hydrogens (tertiary/aromatic N) is 1. The highest BCUT2D eigenvalue weighted by Crippen LogP contribution is 2.40. The van der Waals surface area contributed by atoms with Crippen LogP contribution in [0.3, 0.4) is 0 Å². The predicted molar refractivity (Wildman–Crippen MR) is 77.3 cm³/mol. The largest absolute Gasteiger partial charge is 0.493 e. The van der Waals surface area contributed by atoms with Crippen LogP contribution in [0.5, 0.6) is 5.75 Å². The molecular formula is C16H21NO4. The maximum absolute atomic E-state index is 11.4. The van der Waals surface area contributed by atoms with Crippen molar-refractivity contribution in [2.45, 2.75) is 19.0 Å². The number of hydrogen-bond donors (Lipinski definition) is 1. The van der Waals surface area contributed by atoms with Crippen LogP contribution in [0.25, 0.3) is 0 Å². The molecule has 5 heteroatoms. The number of hydrogen-bond acceptors (Lipinski definition) is 4. The zero-order valence-electron chi connectivity index (χ0n) is 12.4. The highest BCUT2D eigenvalue weighted by molar-refractivity contribution is 5.71. The van der Waals surface area contributed by atoms with Gasteiger partial charge in [0.05, 0.1) is 25.7 Å². The normalized spacial score (nSPS) is 31.8. The van der Waals surface area contributed by atoms with Gasteiger partial charge in [-0.1, -0.05) is 25.1 Å². The van der Waals surface area contributed by atoms with E-state index in [-0.39, 0.29) is 12.1 Å². The minimum Gasteiger partial charge on any atom is -0.493 e. The number of ether oxygens (including phenoxy) is 2. The van der Waals surface area contributed by atoms with Crippen LogP contribution in [0.15, 0.2) is 24.3 Å². The maximum atomic E-state index is 11.4. The first-order valence-corrected chi connectivity index (χ1v) is 7.33. The zero-order chi connectivity index (χ0) is 15.0. The van der Waals surface area contributed by atoms with E-state index in [2.05, 4.69) is 17.9 Å². The summed E-state index contributed by atoms with van der Waals surface area (Å²) in [6, 6.07) is 8.06. The molecule has 114 valence electrons. The van der Waals surface area contributed by atoms with Crippen LogP contribution < -0.4 is 4.74 Å². The van der Waals surface area contributed by atoms with Crippen LogP contribution in [0, 0.1) is 11.8 Å². The summed E-state index contributed by atoms with van der Waals surface area (Å²) in [5.74, 6) is -0.0345. The molecule has 2 aliphatic heterocycles. The molecule has 4 atom stereocenters. The number of carboxylic acids is 1. The van der Waals surface area contributed by atoms with Gasteiger partial charge in [0.2, 0.25) is 0 Å². The number of rotatable bonds is 3. The SMILES string of the molecule is CC1COc2ccccc2C1N(C)C1COCC1C(=O)O. The molecule has 0 spiro atoms. The Bertz CT molecular complexity index is 533. The summed E-state index contributed by atoms with van der Waals surface area (Å²) in [6.45, 7) is 3.56. The molecule has 1 aromatic rings. The maximum Gasteiger partial charge on any atom is 0.310 e. The topological polar surface area (TPSA) is 59.0 Å². The molecule has 2 aliphatic rings. The molecule has 0 saturated carbocycles. The minimum atomic E-state index is -0.780. The van der Waals surface area contributed by atoms with Crippen molar-refractivity contribution >= 4 is 5.97 Å². The summed E-state index contributed by atoms with van der Waals surface area (Å²) in [5.41, 5.74) is 1.13. The number of benzene rings is 1. The van der Waals surface area contributed by atoms with Crippen LogP contribution in [0.1, 0.15) is 18.5 Å². The first-order valence-electron chi connectivity index (χ1n) is 7.33. The molecule has 21 heavy (non-hydrogen) atoms. The number of carbonyl (C=O) groups is 1. The Hall–Kier alpha value is -1.59. The molecule has 1 saturated heterocycles. The van der Waals surface area contributed by atoms with Crippen molar-refractivity contribution in [3.63, 3.8) is 0 Å².